The van der Waals surface area contributed by atoms with Gasteiger partial charge in [-0.1, -0.05) is 54.1 Å². The van der Waals surface area contributed by atoms with Crippen LogP contribution in [0.25, 0.3) is 6.08 Å². The number of carbonyl (C=O) groups is 1. The molecule has 0 unspecified atom stereocenters. The Morgan fingerprint density at radius 2 is 1.81 bits per heavy atom. The number of hydrogen-bond acceptors (Lipinski definition) is 3. The van der Waals surface area contributed by atoms with E-state index in [1.54, 1.807) is 24.3 Å². The number of ketones is 1. The number of Topliss-reactive ketones (excluding diaryl/α,β-unsaturated/α-hetero) is 1. The molecule has 27 heavy (non-hydrogen) atoms. The zero-order chi connectivity index (χ0) is 18.8. The molecule has 0 aliphatic carbocycles. The minimum Gasteiger partial charge on any atom is -0.489 e. The van der Waals surface area contributed by atoms with Crippen LogP contribution in [0.5, 0.6) is 11.5 Å². The van der Waals surface area contributed by atoms with Crippen molar-refractivity contribution in [2.45, 2.75) is 13.5 Å². The summed E-state index contributed by atoms with van der Waals surface area (Å²) in [6, 6.07) is 20.6. The van der Waals surface area contributed by atoms with Crippen LogP contribution in [0, 0.1) is 6.92 Å². The molecule has 0 amide bonds. The number of carbonyl (C=O) groups excluding carboxylic acids is 1. The topological polar surface area (TPSA) is 35.5 Å². The van der Waals surface area contributed by atoms with Crippen LogP contribution in [-0.2, 0) is 6.61 Å². The Labute approximate surface area is 162 Å². The van der Waals surface area contributed by atoms with Gasteiger partial charge in [-0.05, 0) is 42.3 Å². The molecule has 0 spiro atoms. The molecule has 1 aliphatic rings. The van der Waals surface area contributed by atoms with Crippen LogP contribution in [0.15, 0.2) is 72.5 Å². The highest BCUT2D eigenvalue weighted by atomic mass is 35.5. The van der Waals surface area contributed by atoms with E-state index in [2.05, 4.69) is 0 Å². The van der Waals surface area contributed by atoms with E-state index in [-0.39, 0.29) is 5.78 Å². The maximum absolute atomic E-state index is 12.6. The number of aryl methyl sites for hydroxylation is 1. The summed E-state index contributed by atoms with van der Waals surface area (Å²) in [5, 5.41) is 0.661. The minimum atomic E-state index is -0.120. The molecule has 0 fully saturated rings. The first kappa shape index (κ1) is 17.4. The highest BCUT2D eigenvalue weighted by Gasteiger charge is 2.27. The summed E-state index contributed by atoms with van der Waals surface area (Å²) in [6.07, 6.45) is 1.78. The van der Waals surface area contributed by atoms with Gasteiger partial charge < -0.3 is 9.47 Å². The van der Waals surface area contributed by atoms with Gasteiger partial charge in [0.25, 0.3) is 0 Å². The first-order valence-electron chi connectivity index (χ1n) is 8.62. The van der Waals surface area contributed by atoms with Crippen LogP contribution in [0.3, 0.4) is 0 Å². The third kappa shape index (κ3) is 3.60. The van der Waals surface area contributed by atoms with Crippen molar-refractivity contribution in [1.82, 2.24) is 0 Å². The Morgan fingerprint density at radius 3 is 2.63 bits per heavy atom. The molecule has 3 nitrogen and oxygen atoms in total. The van der Waals surface area contributed by atoms with Crippen molar-refractivity contribution < 1.29 is 14.3 Å². The average Bonchev–Trinajstić information content (AvgIpc) is 2.98. The molecule has 4 rings (SSSR count). The molecule has 4 heteroatoms. The molecule has 1 heterocycles. The highest BCUT2D eigenvalue weighted by Crippen LogP contribution is 2.35. The summed E-state index contributed by atoms with van der Waals surface area (Å²) in [6.45, 7) is 2.35. The van der Waals surface area contributed by atoms with Gasteiger partial charge in [-0.25, -0.2) is 0 Å². The second-order valence-corrected chi connectivity index (χ2v) is 6.74. The quantitative estimate of drug-likeness (QED) is 0.536. The fourth-order valence-corrected chi connectivity index (χ4v) is 3.11. The van der Waals surface area contributed by atoms with E-state index in [0.717, 1.165) is 16.7 Å². The SMILES string of the molecule is Cc1ccccc1C=C1Oc2cc(OCc3ccccc3Cl)ccc2C1=O. The van der Waals surface area contributed by atoms with Crippen LogP contribution in [0.1, 0.15) is 27.0 Å². The lowest BCUT2D eigenvalue weighted by molar-refractivity contribution is 0.101. The zero-order valence-electron chi connectivity index (χ0n) is 14.7. The number of benzene rings is 3. The lowest BCUT2D eigenvalue weighted by atomic mass is 10.1. The van der Waals surface area contributed by atoms with Gasteiger partial charge in [0.05, 0.1) is 5.56 Å². The Balaban J connectivity index is 1.54. The summed E-state index contributed by atoms with van der Waals surface area (Å²) < 4.78 is 11.6. The molecule has 0 saturated carbocycles. The van der Waals surface area contributed by atoms with E-state index in [9.17, 15) is 4.79 Å². The number of halogens is 1. The number of hydrogen-bond donors (Lipinski definition) is 0. The molecule has 0 saturated heterocycles. The number of fused-ring (bicyclic) bond motifs is 1. The summed E-state index contributed by atoms with van der Waals surface area (Å²) in [5.74, 6) is 1.34. The molecular formula is C23H17ClO3. The zero-order valence-corrected chi connectivity index (χ0v) is 15.5. The molecular weight excluding hydrogens is 360 g/mol. The van der Waals surface area contributed by atoms with Crippen molar-refractivity contribution in [2.24, 2.45) is 0 Å². The second kappa shape index (κ2) is 7.29. The summed E-state index contributed by atoms with van der Waals surface area (Å²) in [5.41, 5.74) is 3.49. The molecule has 0 N–H and O–H groups in total. The molecule has 1 aliphatic heterocycles. The maximum atomic E-state index is 12.6. The molecule has 3 aromatic rings. The van der Waals surface area contributed by atoms with E-state index in [0.29, 0.717) is 34.5 Å². The van der Waals surface area contributed by atoms with Gasteiger partial charge in [-0.2, -0.15) is 0 Å². The van der Waals surface area contributed by atoms with Gasteiger partial charge >= 0.3 is 0 Å². The van der Waals surface area contributed by atoms with E-state index in [1.165, 1.54) is 0 Å². The normalized spacial score (nSPS) is 14.1. The van der Waals surface area contributed by atoms with Crippen molar-refractivity contribution in [3.8, 4) is 11.5 Å². The monoisotopic (exact) mass is 376 g/mol. The highest BCUT2D eigenvalue weighted by molar-refractivity contribution is 6.31. The third-order valence-corrected chi connectivity index (χ3v) is 4.84. The average molecular weight is 377 g/mol. The molecule has 0 bridgehead atoms. The van der Waals surface area contributed by atoms with Gasteiger partial charge in [0.1, 0.15) is 18.1 Å². The predicted octanol–water partition coefficient (Wildman–Crippen LogP) is 5.84. The van der Waals surface area contributed by atoms with E-state index >= 15 is 0 Å². The second-order valence-electron chi connectivity index (χ2n) is 6.33. The standard InChI is InChI=1S/C23H17ClO3/c1-15-6-2-3-7-16(15)12-22-23(25)19-11-10-18(13-21(19)27-22)26-14-17-8-4-5-9-20(17)24/h2-13H,14H2,1H3. The van der Waals surface area contributed by atoms with Crippen LogP contribution in [0.4, 0.5) is 0 Å². The van der Waals surface area contributed by atoms with Crippen molar-refractivity contribution in [2.75, 3.05) is 0 Å². The van der Waals surface area contributed by atoms with Crippen LogP contribution >= 0.6 is 11.6 Å². The fourth-order valence-electron chi connectivity index (χ4n) is 2.92. The lowest BCUT2D eigenvalue weighted by Crippen LogP contribution is -1.98. The number of ether oxygens (including phenoxy) is 2. The Hall–Kier alpha value is -3.04. The third-order valence-electron chi connectivity index (χ3n) is 4.47. The smallest absolute Gasteiger partial charge is 0.231 e. The molecule has 0 radical (unpaired) electrons. The molecule has 3 aromatic carbocycles. The predicted molar refractivity (Wildman–Crippen MR) is 106 cm³/mol. The van der Waals surface area contributed by atoms with Crippen LogP contribution in [-0.4, -0.2) is 5.78 Å². The summed E-state index contributed by atoms with van der Waals surface area (Å²) in [7, 11) is 0. The van der Waals surface area contributed by atoms with Gasteiger partial charge in [0.15, 0.2) is 5.76 Å². The van der Waals surface area contributed by atoms with Crippen LogP contribution in [0.2, 0.25) is 5.02 Å². The van der Waals surface area contributed by atoms with E-state index < -0.39 is 0 Å². The largest absolute Gasteiger partial charge is 0.489 e. The van der Waals surface area contributed by atoms with Gasteiger partial charge in [-0.3, -0.25) is 4.79 Å². The Kier molecular flexibility index (Phi) is 4.69. The van der Waals surface area contributed by atoms with Gasteiger partial charge in [0.2, 0.25) is 5.78 Å². The number of allylic oxidation sites excluding steroid dienone is 1. The van der Waals surface area contributed by atoms with Gasteiger partial charge in [0, 0.05) is 16.7 Å². The minimum absolute atomic E-state index is 0.120. The lowest BCUT2D eigenvalue weighted by Gasteiger charge is -2.08. The first-order valence-corrected chi connectivity index (χ1v) is 9.00. The van der Waals surface area contributed by atoms with Crippen molar-refractivity contribution >= 4 is 23.5 Å². The Morgan fingerprint density at radius 1 is 1.04 bits per heavy atom. The van der Waals surface area contributed by atoms with Crippen molar-refractivity contribution in [1.29, 1.82) is 0 Å². The maximum Gasteiger partial charge on any atom is 0.231 e. The van der Waals surface area contributed by atoms with Crippen molar-refractivity contribution in [3.63, 3.8) is 0 Å². The fraction of sp³-hybridized carbons (Fsp3) is 0.0870. The van der Waals surface area contributed by atoms with Crippen LogP contribution < -0.4 is 9.47 Å². The van der Waals surface area contributed by atoms with E-state index in [4.69, 9.17) is 21.1 Å². The van der Waals surface area contributed by atoms with E-state index in [1.807, 2.05) is 55.5 Å². The molecule has 0 atom stereocenters. The molecule has 134 valence electrons. The number of rotatable bonds is 4. The van der Waals surface area contributed by atoms with Gasteiger partial charge in [-0.15, -0.1) is 0 Å². The summed E-state index contributed by atoms with van der Waals surface area (Å²) >= 11 is 6.16. The molecule has 0 aromatic heterocycles. The van der Waals surface area contributed by atoms with Crippen molar-refractivity contribution in [3.05, 3.63) is 99.8 Å². The Bertz CT molecular complexity index is 1050. The summed E-state index contributed by atoms with van der Waals surface area (Å²) in [4.78, 5) is 12.6. The first-order chi connectivity index (χ1) is 13.1.